The van der Waals surface area contributed by atoms with E-state index in [-0.39, 0.29) is 36.4 Å². The van der Waals surface area contributed by atoms with Gasteiger partial charge in [0, 0.05) is 63.2 Å². The number of fused-ring (bicyclic) bond motifs is 3. The predicted octanol–water partition coefficient (Wildman–Crippen LogP) is 2.66. The molecule has 3 amide bonds. The van der Waals surface area contributed by atoms with Gasteiger partial charge in [-0.1, -0.05) is 18.2 Å². The molecule has 0 radical (unpaired) electrons. The summed E-state index contributed by atoms with van der Waals surface area (Å²) in [6.45, 7) is 6.31. The van der Waals surface area contributed by atoms with Crippen molar-refractivity contribution >= 4 is 17.7 Å². The summed E-state index contributed by atoms with van der Waals surface area (Å²) in [6.07, 6.45) is 5.25. The topological polar surface area (TPSA) is 96.8 Å². The van der Waals surface area contributed by atoms with Gasteiger partial charge >= 0.3 is 0 Å². The first-order chi connectivity index (χ1) is 18.4. The minimum Gasteiger partial charge on any atom is -0.490 e. The molecule has 6 rings (SSSR count). The molecule has 9 heteroatoms. The molecular formula is C29H37N5O4. The van der Waals surface area contributed by atoms with Gasteiger partial charge < -0.3 is 19.9 Å². The van der Waals surface area contributed by atoms with Gasteiger partial charge in [-0.25, -0.2) is 0 Å². The molecule has 38 heavy (non-hydrogen) atoms. The van der Waals surface area contributed by atoms with Crippen LogP contribution in [0.3, 0.4) is 0 Å². The minimum atomic E-state index is -0.0320. The Hall–Kier alpha value is -3.36. The molecule has 2 atom stereocenters. The molecule has 3 heterocycles. The van der Waals surface area contributed by atoms with E-state index >= 15 is 0 Å². The average Bonchev–Trinajstić information content (AvgIpc) is 3.43. The van der Waals surface area contributed by atoms with Crippen LogP contribution in [0.5, 0.6) is 5.75 Å². The summed E-state index contributed by atoms with van der Waals surface area (Å²) in [7, 11) is 0. The molecule has 4 aliphatic rings. The van der Waals surface area contributed by atoms with E-state index in [0.717, 1.165) is 61.1 Å². The van der Waals surface area contributed by atoms with Crippen molar-refractivity contribution in [2.45, 2.75) is 77.0 Å². The number of hydrogen-bond donors (Lipinski definition) is 1. The van der Waals surface area contributed by atoms with Crippen LogP contribution in [0.15, 0.2) is 24.3 Å². The fourth-order valence-electron chi connectivity index (χ4n) is 6.46. The number of likely N-dealkylation sites (tertiary alicyclic amines) is 2. The van der Waals surface area contributed by atoms with E-state index < -0.39 is 0 Å². The second kappa shape index (κ2) is 10.1. The summed E-state index contributed by atoms with van der Waals surface area (Å²) >= 11 is 0. The lowest BCUT2D eigenvalue weighted by Crippen LogP contribution is -2.46. The Kier molecular flexibility index (Phi) is 6.61. The number of para-hydroxylation sites is 1. The lowest BCUT2D eigenvalue weighted by atomic mass is 10.0. The van der Waals surface area contributed by atoms with Crippen LogP contribution in [0.25, 0.3) is 0 Å². The zero-order valence-corrected chi connectivity index (χ0v) is 22.3. The number of amides is 3. The minimum absolute atomic E-state index is 0.0289. The normalized spacial score (nSPS) is 23.1. The maximum absolute atomic E-state index is 13.5. The van der Waals surface area contributed by atoms with E-state index in [9.17, 15) is 14.4 Å². The van der Waals surface area contributed by atoms with Crippen LogP contribution in [0.1, 0.15) is 72.3 Å². The molecule has 0 spiro atoms. The molecule has 0 unspecified atom stereocenters. The molecule has 202 valence electrons. The van der Waals surface area contributed by atoms with Crippen molar-refractivity contribution in [1.29, 1.82) is 0 Å². The number of carbonyl (C=O) groups excluding carboxylic acids is 3. The van der Waals surface area contributed by atoms with Crippen LogP contribution in [0.4, 0.5) is 0 Å². The van der Waals surface area contributed by atoms with Crippen molar-refractivity contribution in [3.05, 3.63) is 46.8 Å². The van der Waals surface area contributed by atoms with Crippen LogP contribution >= 0.6 is 0 Å². The smallest absolute Gasteiger partial charge is 0.274 e. The maximum atomic E-state index is 13.5. The van der Waals surface area contributed by atoms with E-state index in [2.05, 4.69) is 5.32 Å². The third kappa shape index (κ3) is 4.90. The molecular weight excluding hydrogens is 482 g/mol. The second-order valence-electron chi connectivity index (χ2n) is 11.4. The molecule has 2 saturated heterocycles. The van der Waals surface area contributed by atoms with E-state index in [1.807, 2.05) is 45.7 Å². The molecule has 0 bridgehead atoms. The summed E-state index contributed by atoms with van der Waals surface area (Å²) in [4.78, 5) is 42.0. The van der Waals surface area contributed by atoms with Gasteiger partial charge in [0.25, 0.3) is 5.91 Å². The highest BCUT2D eigenvalue weighted by molar-refractivity contribution is 5.95. The molecule has 1 saturated carbocycles. The van der Waals surface area contributed by atoms with Crippen LogP contribution in [-0.4, -0.2) is 75.6 Å². The maximum Gasteiger partial charge on any atom is 0.274 e. The number of aromatic nitrogens is 2. The van der Waals surface area contributed by atoms with E-state index in [1.165, 1.54) is 6.92 Å². The van der Waals surface area contributed by atoms with Gasteiger partial charge in [-0.2, -0.15) is 5.10 Å². The Balaban J connectivity index is 1.08. The van der Waals surface area contributed by atoms with Gasteiger partial charge in [-0.15, -0.1) is 0 Å². The Morgan fingerprint density at radius 1 is 1.03 bits per heavy atom. The van der Waals surface area contributed by atoms with Gasteiger partial charge in [0.2, 0.25) is 11.8 Å². The Morgan fingerprint density at radius 2 is 1.74 bits per heavy atom. The van der Waals surface area contributed by atoms with Crippen molar-refractivity contribution in [3.8, 4) is 5.75 Å². The summed E-state index contributed by atoms with van der Waals surface area (Å²) in [5.41, 5.74) is 3.83. The quantitative estimate of drug-likeness (QED) is 0.633. The first-order valence-corrected chi connectivity index (χ1v) is 14.0. The highest BCUT2D eigenvalue weighted by atomic mass is 16.5. The van der Waals surface area contributed by atoms with Crippen molar-refractivity contribution in [2.24, 2.45) is 5.92 Å². The summed E-state index contributed by atoms with van der Waals surface area (Å²) in [6, 6.07) is 8.16. The largest absolute Gasteiger partial charge is 0.490 e. The fraction of sp³-hybridized carbons (Fsp3) is 0.586. The van der Waals surface area contributed by atoms with Crippen molar-refractivity contribution < 1.29 is 19.1 Å². The highest BCUT2D eigenvalue weighted by Crippen LogP contribution is 2.57. The van der Waals surface area contributed by atoms with Crippen molar-refractivity contribution in [1.82, 2.24) is 24.9 Å². The molecule has 1 N–H and O–H groups in total. The van der Waals surface area contributed by atoms with Gasteiger partial charge in [0.15, 0.2) is 5.69 Å². The Morgan fingerprint density at radius 3 is 2.45 bits per heavy atom. The number of benzene rings is 1. The van der Waals surface area contributed by atoms with E-state index in [0.29, 0.717) is 43.7 Å². The fourth-order valence-corrected chi connectivity index (χ4v) is 6.46. The molecule has 2 aromatic rings. The van der Waals surface area contributed by atoms with Crippen LogP contribution in [0, 0.1) is 12.8 Å². The lowest BCUT2D eigenvalue weighted by molar-refractivity contribution is -0.133. The highest BCUT2D eigenvalue weighted by Gasteiger charge is 2.50. The van der Waals surface area contributed by atoms with Gasteiger partial charge in [-0.3, -0.25) is 19.1 Å². The van der Waals surface area contributed by atoms with Crippen molar-refractivity contribution in [2.75, 3.05) is 26.2 Å². The Labute approximate surface area is 223 Å². The number of ether oxygens (including phenoxy) is 1. The number of nitrogens with one attached hydrogen (secondary N) is 1. The third-order valence-electron chi connectivity index (χ3n) is 8.71. The standard InChI is InChI=1S/C29H37N5O4/c1-18-5-3-4-6-25(18)38-22-9-13-32(14-10-22)26(36)17-34-24-16-20-15-23(20)27(24)28(31-34)29(37)33-11-7-21(8-12-33)30-19(2)35/h3-6,20-23H,7-17H2,1-2H3,(H,30,35)/t20-,23-/m1/s1. The number of piperidine rings is 2. The zero-order chi connectivity index (χ0) is 26.4. The molecule has 3 fully saturated rings. The van der Waals surface area contributed by atoms with Crippen LogP contribution in [0.2, 0.25) is 0 Å². The summed E-state index contributed by atoms with van der Waals surface area (Å²) in [5.74, 6) is 1.92. The zero-order valence-electron chi connectivity index (χ0n) is 22.3. The number of aryl methyl sites for hydroxylation is 1. The van der Waals surface area contributed by atoms with Crippen LogP contribution in [-0.2, 0) is 22.6 Å². The number of rotatable bonds is 6. The van der Waals surface area contributed by atoms with Gasteiger partial charge in [0.05, 0.1) is 0 Å². The second-order valence-corrected chi connectivity index (χ2v) is 11.4. The molecule has 9 nitrogen and oxygen atoms in total. The molecule has 1 aromatic heterocycles. The Bertz CT molecular complexity index is 1240. The molecule has 2 aliphatic carbocycles. The van der Waals surface area contributed by atoms with Crippen LogP contribution < -0.4 is 10.1 Å². The van der Waals surface area contributed by atoms with Gasteiger partial charge in [0.1, 0.15) is 18.4 Å². The average molecular weight is 520 g/mol. The SMILES string of the molecule is CC(=O)NC1CCN(C(=O)c2nn(CC(=O)N3CCC(Oc4ccccc4C)CC3)c3c2[C@@H]2C[C@@H]2C3)CC1. The summed E-state index contributed by atoms with van der Waals surface area (Å²) < 4.78 is 8.02. The van der Waals surface area contributed by atoms with Gasteiger partial charge in [-0.05, 0) is 56.1 Å². The first kappa shape index (κ1) is 24.9. The third-order valence-corrected chi connectivity index (χ3v) is 8.71. The predicted molar refractivity (Wildman–Crippen MR) is 141 cm³/mol. The summed E-state index contributed by atoms with van der Waals surface area (Å²) in [5, 5.41) is 7.71. The first-order valence-electron chi connectivity index (χ1n) is 14.0. The van der Waals surface area contributed by atoms with E-state index in [4.69, 9.17) is 9.84 Å². The van der Waals surface area contributed by atoms with E-state index in [1.54, 1.807) is 0 Å². The lowest BCUT2D eigenvalue weighted by Gasteiger charge is -2.32. The molecule has 1 aromatic carbocycles. The number of carbonyl (C=O) groups is 3. The van der Waals surface area contributed by atoms with Crippen molar-refractivity contribution in [3.63, 3.8) is 0 Å². The monoisotopic (exact) mass is 519 g/mol. The number of nitrogens with zero attached hydrogens (tertiary/aromatic N) is 4. The number of hydrogen-bond acceptors (Lipinski definition) is 5. The molecule has 2 aliphatic heterocycles.